The fraction of sp³-hybridized carbons (Fsp3) is 0.667. The summed E-state index contributed by atoms with van der Waals surface area (Å²) < 4.78 is 0. The molecule has 1 saturated carbocycles. The topological polar surface area (TPSA) is 35.5 Å². The minimum absolute atomic E-state index is 0.183. The molecule has 3 atom stereocenters. The molecule has 1 aliphatic rings. The summed E-state index contributed by atoms with van der Waals surface area (Å²) in [6.07, 6.45) is 5.25. The summed E-state index contributed by atoms with van der Waals surface area (Å²) in [6, 6.07) is 6.90. The van der Waals surface area contributed by atoms with Gasteiger partial charge in [0.15, 0.2) is 0 Å². The molecule has 0 heterocycles. The van der Waals surface area contributed by atoms with Gasteiger partial charge in [0, 0.05) is 36.4 Å². The number of aromatic hydroxyl groups is 1. The van der Waals surface area contributed by atoms with Crippen molar-refractivity contribution in [2.24, 2.45) is 5.92 Å². The van der Waals surface area contributed by atoms with Crippen LogP contribution in [0.1, 0.15) is 58.1 Å². The summed E-state index contributed by atoms with van der Waals surface area (Å²) in [6.45, 7) is 7.43. The Morgan fingerprint density at radius 3 is 2.67 bits per heavy atom. The maximum absolute atomic E-state index is 10.3. The Morgan fingerprint density at radius 1 is 1.33 bits per heavy atom. The largest absolute Gasteiger partial charge is 0.508 e. The van der Waals surface area contributed by atoms with Gasteiger partial charge in [-0.2, -0.15) is 0 Å². The van der Waals surface area contributed by atoms with Crippen molar-refractivity contribution in [3.63, 3.8) is 0 Å². The first-order chi connectivity index (χ1) is 10.0. The van der Waals surface area contributed by atoms with Crippen LogP contribution in [0.15, 0.2) is 18.2 Å². The molecule has 118 valence electrons. The quantitative estimate of drug-likeness (QED) is 0.858. The van der Waals surface area contributed by atoms with E-state index in [-0.39, 0.29) is 6.04 Å². The van der Waals surface area contributed by atoms with Gasteiger partial charge < -0.3 is 15.3 Å². The van der Waals surface area contributed by atoms with Crippen molar-refractivity contribution < 1.29 is 5.11 Å². The summed E-state index contributed by atoms with van der Waals surface area (Å²) in [4.78, 5) is 2.35. The number of benzene rings is 1. The summed E-state index contributed by atoms with van der Waals surface area (Å²) in [5.41, 5.74) is 2.10. The Balaban J connectivity index is 2.15. The van der Waals surface area contributed by atoms with Crippen LogP contribution in [0.5, 0.6) is 5.75 Å². The Labute approximate surface area is 129 Å². The van der Waals surface area contributed by atoms with E-state index in [4.69, 9.17) is 0 Å². The highest BCUT2D eigenvalue weighted by Gasteiger charge is 2.25. The van der Waals surface area contributed by atoms with Crippen LogP contribution in [0.25, 0.3) is 0 Å². The van der Waals surface area contributed by atoms with Crippen LogP contribution in [-0.2, 0) is 0 Å². The molecule has 0 bridgehead atoms. The Morgan fingerprint density at radius 2 is 2.05 bits per heavy atom. The van der Waals surface area contributed by atoms with Crippen LogP contribution < -0.4 is 10.2 Å². The number of hydrogen-bond acceptors (Lipinski definition) is 3. The third kappa shape index (κ3) is 3.70. The number of nitrogens with one attached hydrogen (secondary N) is 1. The number of phenols is 1. The molecule has 2 rings (SSSR count). The zero-order chi connectivity index (χ0) is 15.4. The van der Waals surface area contributed by atoms with Crippen LogP contribution in [0.4, 0.5) is 5.69 Å². The van der Waals surface area contributed by atoms with E-state index in [2.05, 4.69) is 50.2 Å². The molecule has 0 radical (unpaired) electrons. The number of phenolic OH excluding ortho intramolecular Hbond substituents is 1. The predicted octanol–water partition coefficient (Wildman–Crippen LogP) is 4.08. The van der Waals surface area contributed by atoms with Crippen LogP contribution in [0.3, 0.4) is 0 Å². The average molecular weight is 290 g/mol. The Hall–Kier alpha value is -1.22. The zero-order valence-electron chi connectivity index (χ0n) is 13.9. The minimum Gasteiger partial charge on any atom is -0.508 e. The van der Waals surface area contributed by atoms with Gasteiger partial charge in [-0.1, -0.05) is 32.8 Å². The van der Waals surface area contributed by atoms with Gasteiger partial charge in [-0.3, -0.25) is 0 Å². The number of nitrogens with zero attached hydrogens (tertiary/aromatic N) is 1. The molecule has 1 aliphatic carbocycles. The minimum atomic E-state index is 0.183. The third-order valence-corrected chi connectivity index (χ3v) is 4.96. The normalized spacial score (nSPS) is 23.8. The highest BCUT2D eigenvalue weighted by atomic mass is 16.3. The molecule has 2 N–H and O–H groups in total. The van der Waals surface area contributed by atoms with Gasteiger partial charge in [0.05, 0.1) is 0 Å². The molecule has 3 heteroatoms. The van der Waals surface area contributed by atoms with Crippen molar-refractivity contribution in [1.29, 1.82) is 0 Å². The molecule has 0 aliphatic heterocycles. The Kier molecular flexibility index (Phi) is 5.51. The standard InChI is InChI=1S/C18H30N2O/c1-5-19-14(3)16-11-10-15(12-18(16)21)20(4)17-9-7-6-8-13(17)2/h10-14,17,19,21H,5-9H2,1-4H3. The van der Waals surface area contributed by atoms with Crippen LogP contribution in [0.2, 0.25) is 0 Å². The molecule has 0 amide bonds. The summed E-state index contributed by atoms with van der Waals surface area (Å²) in [5, 5.41) is 13.7. The van der Waals surface area contributed by atoms with E-state index in [9.17, 15) is 5.11 Å². The molecule has 0 spiro atoms. The Bertz CT molecular complexity index is 461. The lowest BCUT2D eigenvalue weighted by Gasteiger charge is -2.38. The lowest BCUT2D eigenvalue weighted by molar-refractivity contribution is 0.321. The first-order valence-electron chi connectivity index (χ1n) is 8.33. The highest BCUT2D eigenvalue weighted by molar-refractivity contribution is 5.54. The fourth-order valence-electron chi connectivity index (χ4n) is 3.60. The van der Waals surface area contributed by atoms with E-state index in [1.807, 2.05) is 6.07 Å². The second kappa shape index (κ2) is 7.17. The fourth-order valence-corrected chi connectivity index (χ4v) is 3.60. The van der Waals surface area contributed by atoms with Gasteiger partial charge in [-0.05, 0) is 38.3 Å². The van der Waals surface area contributed by atoms with Crippen molar-refractivity contribution in [2.75, 3.05) is 18.5 Å². The van der Waals surface area contributed by atoms with Crippen molar-refractivity contribution in [3.8, 4) is 5.75 Å². The van der Waals surface area contributed by atoms with Crippen LogP contribution >= 0.6 is 0 Å². The van der Waals surface area contributed by atoms with Crippen LogP contribution in [-0.4, -0.2) is 24.7 Å². The highest BCUT2D eigenvalue weighted by Crippen LogP contribution is 2.33. The van der Waals surface area contributed by atoms with Crippen molar-refractivity contribution in [1.82, 2.24) is 5.32 Å². The monoisotopic (exact) mass is 290 g/mol. The van der Waals surface area contributed by atoms with Gasteiger partial charge in [0.25, 0.3) is 0 Å². The molecule has 0 saturated heterocycles. The molecule has 1 aromatic rings. The zero-order valence-corrected chi connectivity index (χ0v) is 13.9. The lowest BCUT2D eigenvalue weighted by atomic mass is 9.85. The number of hydrogen-bond donors (Lipinski definition) is 2. The molecule has 0 aromatic heterocycles. The SMILES string of the molecule is CCNC(C)c1ccc(N(C)C2CCCCC2C)cc1O. The third-order valence-electron chi connectivity index (χ3n) is 4.96. The van der Waals surface area contributed by atoms with Crippen molar-refractivity contribution in [3.05, 3.63) is 23.8 Å². The lowest BCUT2D eigenvalue weighted by Crippen LogP contribution is -2.39. The van der Waals surface area contributed by atoms with E-state index in [1.165, 1.54) is 25.7 Å². The van der Waals surface area contributed by atoms with Gasteiger partial charge in [-0.15, -0.1) is 0 Å². The van der Waals surface area contributed by atoms with E-state index in [1.54, 1.807) is 0 Å². The maximum Gasteiger partial charge on any atom is 0.122 e. The average Bonchev–Trinajstić information content (AvgIpc) is 2.47. The first kappa shape index (κ1) is 16.2. The van der Waals surface area contributed by atoms with Crippen LogP contribution in [0, 0.1) is 5.92 Å². The summed E-state index contributed by atoms with van der Waals surface area (Å²) in [5.74, 6) is 1.13. The summed E-state index contributed by atoms with van der Waals surface area (Å²) in [7, 11) is 2.16. The van der Waals surface area contributed by atoms with E-state index in [0.717, 1.165) is 23.7 Å². The van der Waals surface area contributed by atoms with E-state index >= 15 is 0 Å². The van der Waals surface area contributed by atoms with Crippen molar-refractivity contribution >= 4 is 5.69 Å². The molecule has 1 fully saturated rings. The molecule has 3 unspecified atom stereocenters. The first-order valence-corrected chi connectivity index (χ1v) is 8.33. The maximum atomic E-state index is 10.3. The number of anilines is 1. The van der Waals surface area contributed by atoms with E-state index < -0.39 is 0 Å². The second-order valence-electron chi connectivity index (χ2n) is 6.46. The van der Waals surface area contributed by atoms with Gasteiger partial charge >= 0.3 is 0 Å². The summed E-state index contributed by atoms with van der Waals surface area (Å²) >= 11 is 0. The molecule has 1 aromatic carbocycles. The van der Waals surface area contributed by atoms with Gasteiger partial charge in [0.2, 0.25) is 0 Å². The van der Waals surface area contributed by atoms with Gasteiger partial charge in [-0.25, -0.2) is 0 Å². The molecule has 21 heavy (non-hydrogen) atoms. The number of rotatable bonds is 5. The van der Waals surface area contributed by atoms with Gasteiger partial charge in [0.1, 0.15) is 5.75 Å². The van der Waals surface area contributed by atoms with Crippen molar-refractivity contribution in [2.45, 2.75) is 58.5 Å². The predicted molar refractivity (Wildman–Crippen MR) is 90.0 cm³/mol. The molecule has 3 nitrogen and oxygen atoms in total. The molecular weight excluding hydrogens is 260 g/mol. The second-order valence-corrected chi connectivity index (χ2v) is 6.46. The smallest absolute Gasteiger partial charge is 0.122 e. The molecular formula is C18H30N2O. The van der Waals surface area contributed by atoms with E-state index in [0.29, 0.717) is 11.8 Å².